The van der Waals surface area contributed by atoms with Crippen LogP contribution in [0.1, 0.15) is 18.4 Å². The number of rotatable bonds is 3. The van der Waals surface area contributed by atoms with Gasteiger partial charge in [0.1, 0.15) is 0 Å². The molecular formula is C14H17BrN2O4. The highest BCUT2D eigenvalue weighted by molar-refractivity contribution is 9.10. The largest absolute Gasteiger partial charge is 0.347 e. The molecule has 2 aliphatic heterocycles. The quantitative estimate of drug-likeness (QED) is 0.615. The molecule has 21 heavy (non-hydrogen) atoms. The van der Waals surface area contributed by atoms with Gasteiger partial charge in [-0.3, -0.25) is 15.0 Å². The third-order valence-electron chi connectivity index (χ3n) is 4.04. The van der Waals surface area contributed by atoms with E-state index in [0.29, 0.717) is 24.2 Å². The topological polar surface area (TPSA) is 64.8 Å². The van der Waals surface area contributed by atoms with E-state index in [2.05, 4.69) is 20.8 Å². The van der Waals surface area contributed by atoms with Gasteiger partial charge in [-0.05, 0) is 27.6 Å². The standard InChI is InChI=1S/C14H17BrN2O4/c15-12-2-1-11(9-13(12)17(18)19)10-16-5-3-14(4-6-16)20-7-8-21-14/h1-2,9H,3-8,10H2. The first kappa shape index (κ1) is 14.9. The molecule has 1 spiro atoms. The number of benzene rings is 1. The molecule has 114 valence electrons. The summed E-state index contributed by atoms with van der Waals surface area (Å²) in [6.07, 6.45) is 1.71. The first-order valence-electron chi connectivity index (χ1n) is 7.01. The van der Waals surface area contributed by atoms with Gasteiger partial charge in [-0.25, -0.2) is 0 Å². The van der Waals surface area contributed by atoms with E-state index in [4.69, 9.17) is 9.47 Å². The summed E-state index contributed by atoms with van der Waals surface area (Å²) >= 11 is 3.21. The highest BCUT2D eigenvalue weighted by atomic mass is 79.9. The maximum Gasteiger partial charge on any atom is 0.283 e. The van der Waals surface area contributed by atoms with E-state index in [1.807, 2.05) is 6.07 Å². The fourth-order valence-electron chi connectivity index (χ4n) is 2.89. The summed E-state index contributed by atoms with van der Waals surface area (Å²) in [5.41, 5.74) is 1.07. The number of nitro groups is 1. The van der Waals surface area contributed by atoms with Crippen LogP contribution in [0.5, 0.6) is 0 Å². The molecule has 0 radical (unpaired) electrons. The molecular weight excluding hydrogens is 340 g/mol. The molecule has 0 aliphatic carbocycles. The lowest BCUT2D eigenvalue weighted by molar-refractivity contribution is -0.385. The van der Waals surface area contributed by atoms with Crippen LogP contribution < -0.4 is 0 Å². The monoisotopic (exact) mass is 356 g/mol. The minimum atomic E-state index is -0.373. The summed E-state index contributed by atoms with van der Waals surface area (Å²) in [5, 5.41) is 11.0. The Morgan fingerprint density at radius 2 is 1.95 bits per heavy atom. The number of hydrogen-bond acceptors (Lipinski definition) is 5. The van der Waals surface area contributed by atoms with Gasteiger partial charge in [0.15, 0.2) is 5.79 Å². The molecule has 0 N–H and O–H groups in total. The molecule has 0 atom stereocenters. The number of nitrogens with zero attached hydrogens (tertiary/aromatic N) is 2. The zero-order valence-electron chi connectivity index (χ0n) is 11.6. The fourth-order valence-corrected chi connectivity index (χ4v) is 3.28. The van der Waals surface area contributed by atoms with Gasteiger partial charge >= 0.3 is 0 Å². The van der Waals surface area contributed by atoms with E-state index in [1.54, 1.807) is 12.1 Å². The molecule has 1 aromatic rings. The normalized spacial score (nSPS) is 21.8. The van der Waals surface area contributed by atoms with Gasteiger partial charge in [-0.15, -0.1) is 0 Å². The van der Waals surface area contributed by atoms with E-state index in [9.17, 15) is 10.1 Å². The number of hydrogen-bond donors (Lipinski definition) is 0. The van der Waals surface area contributed by atoms with Crippen LogP contribution >= 0.6 is 15.9 Å². The van der Waals surface area contributed by atoms with Crippen molar-refractivity contribution in [2.24, 2.45) is 0 Å². The molecule has 7 heteroatoms. The third-order valence-corrected chi connectivity index (χ3v) is 4.72. The minimum absolute atomic E-state index is 0.114. The van der Waals surface area contributed by atoms with Gasteiger partial charge in [0.25, 0.3) is 5.69 Å². The maximum atomic E-state index is 11.0. The molecule has 2 fully saturated rings. The predicted molar refractivity (Wildman–Crippen MR) is 79.9 cm³/mol. The van der Waals surface area contributed by atoms with E-state index in [0.717, 1.165) is 31.5 Å². The Hall–Kier alpha value is -1.02. The number of halogens is 1. The van der Waals surface area contributed by atoms with Crippen LogP contribution in [0.3, 0.4) is 0 Å². The fraction of sp³-hybridized carbons (Fsp3) is 0.571. The summed E-state index contributed by atoms with van der Waals surface area (Å²) in [7, 11) is 0. The van der Waals surface area contributed by atoms with Crippen molar-refractivity contribution in [2.75, 3.05) is 26.3 Å². The van der Waals surface area contributed by atoms with Crippen molar-refractivity contribution in [3.63, 3.8) is 0 Å². The molecule has 0 unspecified atom stereocenters. The first-order valence-corrected chi connectivity index (χ1v) is 7.80. The van der Waals surface area contributed by atoms with E-state index >= 15 is 0 Å². The SMILES string of the molecule is O=[N+]([O-])c1cc(CN2CCC3(CC2)OCCO3)ccc1Br. The zero-order valence-corrected chi connectivity index (χ0v) is 13.2. The van der Waals surface area contributed by atoms with Crippen molar-refractivity contribution in [1.82, 2.24) is 4.90 Å². The predicted octanol–water partition coefficient (Wildman–Crippen LogP) is 2.70. The van der Waals surface area contributed by atoms with Crippen LogP contribution in [0.2, 0.25) is 0 Å². The van der Waals surface area contributed by atoms with Gasteiger partial charge in [-0.2, -0.15) is 0 Å². The Morgan fingerprint density at radius 3 is 2.57 bits per heavy atom. The molecule has 0 saturated carbocycles. The number of likely N-dealkylation sites (tertiary alicyclic amines) is 1. The van der Waals surface area contributed by atoms with Crippen molar-refractivity contribution < 1.29 is 14.4 Å². The van der Waals surface area contributed by atoms with E-state index in [-0.39, 0.29) is 16.4 Å². The van der Waals surface area contributed by atoms with Gasteiger partial charge in [0, 0.05) is 38.5 Å². The lowest BCUT2D eigenvalue weighted by Crippen LogP contribution is -2.44. The van der Waals surface area contributed by atoms with Crippen molar-refractivity contribution in [2.45, 2.75) is 25.2 Å². The average molecular weight is 357 g/mol. The van der Waals surface area contributed by atoms with Gasteiger partial charge in [-0.1, -0.05) is 6.07 Å². The lowest BCUT2D eigenvalue weighted by Gasteiger charge is -2.37. The van der Waals surface area contributed by atoms with Crippen LogP contribution in [-0.4, -0.2) is 41.9 Å². The van der Waals surface area contributed by atoms with Gasteiger partial charge in [0.05, 0.1) is 22.6 Å². The van der Waals surface area contributed by atoms with Crippen LogP contribution in [0.25, 0.3) is 0 Å². The molecule has 0 aromatic heterocycles. The van der Waals surface area contributed by atoms with E-state index in [1.165, 1.54) is 0 Å². The van der Waals surface area contributed by atoms with E-state index < -0.39 is 0 Å². The van der Waals surface area contributed by atoms with Gasteiger partial charge in [0.2, 0.25) is 0 Å². The molecule has 6 nitrogen and oxygen atoms in total. The first-order chi connectivity index (χ1) is 10.1. The molecule has 1 aromatic carbocycles. The van der Waals surface area contributed by atoms with Crippen LogP contribution in [0.4, 0.5) is 5.69 Å². The summed E-state index contributed by atoms with van der Waals surface area (Å²) in [6, 6.07) is 5.29. The number of ether oxygens (including phenoxy) is 2. The maximum absolute atomic E-state index is 11.0. The van der Waals surface area contributed by atoms with Crippen LogP contribution in [0, 0.1) is 10.1 Å². The van der Waals surface area contributed by atoms with Crippen molar-refractivity contribution in [3.05, 3.63) is 38.3 Å². The average Bonchev–Trinajstić information content (AvgIpc) is 2.92. The summed E-state index contributed by atoms with van der Waals surface area (Å²) < 4.78 is 11.9. The van der Waals surface area contributed by atoms with Crippen LogP contribution in [0.15, 0.2) is 22.7 Å². The summed E-state index contributed by atoms with van der Waals surface area (Å²) in [6.45, 7) is 3.83. The Kier molecular flexibility index (Phi) is 4.26. The molecule has 3 rings (SSSR count). The Bertz CT molecular complexity index is 536. The Labute approximate surface area is 131 Å². The number of piperidine rings is 1. The Morgan fingerprint density at radius 1 is 1.29 bits per heavy atom. The highest BCUT2D eigenvalue weighted by Crippen LogP contribution is 2.32. The summed E-state index contributed by atoms with van der Waals surface area (Å²) in [5.74, 6) is -0.373. The number of nitro benzene ring substituents is 1. The summed E-state index contributed by atoms with van der Waals surface area (Å²) in [4.78, 5) is 12.9. The minimum Gasteiger partial charge on any atom is -0.347 e. The smallest absolute Gasteiger partial charge is 0.283 e. The van der Waals surface area contributed by atoms with Crippen molar-refractivity contribution >= 4 is 21.6 Å². The second-order valence-electron chi connectivity index (χ2n) is 5.43. The third kappa shape index (κ3) is 3.26. The highest BCUT2D eigenvalue weighted by Gasteiger charge is 2.39. The second kappa shape index (κ2) is 6.00. The molecule has 2 heterocycles. The van der Waals surface area contributed by atoms with Crippen molar-refractivity contribution in [1.29, 1.82) is 0 Å². The zero-order chi connectivity index (χ0) is 14.9. The Balaban J connectivity index is 1.63. The van der Waals surface area contributed by atoms with Crippen LogP contribution in [-0.2, 0) is 16.0 Å². The molecule has 0 amide bonds. The second-order valence-corrected chi connectivity index (χ2v) is 6.28. The molecule has 2 saturated heterocycles. The van der Waals surface area contributed by atoms with Gasteiger partial charge < -0.3 is 9.47 Å². The lowest BCUT2D eigenvalue weighted by atomic mass is 10.0. The molecule has 2 aliphatic rings. The van der Waals surface area contributed by atoms with Crippen molar-refractivity contribution in [3.8, 4) is 0 Å². The molecule has 0 bridgehead atoms.